The molecular weight excluding hydrogens is 433 g/mol. The predicted octanol–water partition coefficient (Wildman–Crippen LogP) is 5.82. The Bertz CT molecular complexity index is 1100. The van der Waals surface area contributed by atoms with Crippen LogP contribution in [0.2, 0.25) is 0 Å². The Morgan fingerprint density at radius 1 is 0.912 bits per heavy atom. The predicted molar refractivity (Wildman–Crippen MR) is 131 cm³/mol. The van der Waals surface area contributed by atoms with Gasteiger partial charge >= 0.3 is 6.03 Å². The Morgan fingerprint density at radius 2 is 1.59 bits per heavy atom. The monoisotopic (exact) mass is 465 g/mol. The van der Waals surface area contributed by atoms with Gasteiger partial charge < -0.3 is 19.5 Å². The third-order valence-corrected chi connectivity index (χ3v) is 5.60. The van der Waals surface area contributed by atoms with Crippen molar-refractivity contribution in [2.75, 3.05) is 18.4 Å². The minimum Gasteiger partial charge on any atom is -0.464 e. The quantitative estimate of drug-likeness (QED) is 0.433. The zero-order chi connectivity index (χ0) is 24.7. The highest BCUT2D eigenvalue weighted by Gasteiger charge is 2.23. The summed E-state index contributed by atoms with van der Waals surface area (Å²) in [4.78, 5) is 29.6. The van der Waals surface area contributed by atoms with Gasteiger partial charge in [-0.3, -0.25) is 4.79 Å². The molecule has 0 aliphatic heterocycles. The van der Waals surface area contributed by atoms with E-state index in [0.717, 1.165) is 28.1 Å². The SMILES string of the molecule is CCCN(CC(=O)N(Cc1ccc(F)cc1)Cc1ccc(C)o1)C(=O)Nc1c(C)cccc1C. The molecule has 0 radical (unpaired) electrons. The molecule has 3 amide bonds. The summed E-state index contributed by atoms with van der Waals surface area (Å²) in [5.74, 6) is 0.851. The number of rotatable bonds is 9. The molecular formula is C27H32FN3O3. The molecule has 0 spiro atoms. The molecule has 2 aromatic carbocycles. The summed E-state index contributed by atoms with van der Waals surface area (Å²) < 4.78 is 19.0. The average molecular weight is 466 g/mol. The van der Waals surface area contributed by atoms with Crippen LogP contribution in [0.5, 0.6) is 0 Å². The summed E-state index contributed by atoms with van der Waals surface area (Å²) in [5.41, 5.74) is 3.47. The average Bonchev–Trinajstić information content (AvgIpc) is 3.21. The van der Waals surface area contributed by atoms with Gasteiger partial charge in [0.2, 0.25) is 5.91 Å². The summed E-state index contributed by atoms with van der Waals surface area (Å²) in [6.45, 7) is 8.57. The van der Waals surface area contributed by atoms with Gasteiger partial charge in [0, 0.05) is 18.8 Å². The van der Waals surface area contributed by atoms with Crippen molar-refractivity contribution in [3.8, 4) is 0 Å². The fourth-order valence-corrected chi connectivity index (χ4v) is 3.78. The smallest absolute Gasteiger partial charge is 0.322 e. The maximum absolute atomic E-state index is 13.4. The third kappa shape index (κ3) is 6.70. The number of hydrogen-bond acceptors (Lipinski definition) is 3. The molecule has 0 unspecified atom stereocenters. The number of furan rings is 1. The van der Waals surface area contributed by atoms with E-state index in [9.17, 15) is 14.0 Å². The summed E-state index contributed by atoms with van der Waals surface area (Å²) >= 11 is 0. The van der Waals surface area contributed by atoms with E-state index in [1.54, 1.807) is 17.0 Å². The van der Waals surface area contributed by atoms with Gasteiger partial charge in [0.1, 0.15) is 23.9 Å². The third-order valence-electron chi connectivity index (χ3n) is 5.60. The summed E-state index contributed by atoms with van der Waals surface area (Å²) in [6.07, 6.45) is 0.711. The summed E-state index contributed by atoms with van der Waals surface area (Å²) in [7, 11) is 0. The molecule has 0 saturated heterocycles. The van der Waals surface area contributed by atoms with Crippen LogP contribution in [0, 0.1) is 26.6 Å². The van der Waals surface area contributed by atoms with Crippen LogP contribution in [0.25, 0.3) is 0 Å². The van der Waals surface area contributed by atoms with Crippen molar-refractivity contribution in [1.82, 2.24) is 9.80 Å². The summed E-state index contributed by atoms with van der Waals surface area (Å²) in [6, 6.07) is 15.2. The van der Waals surface area contributed by atoms with Gasteiger partial charge in [0.15, 0.2) is 0 Å². The minimum atomic E-state index is -0.333. The number of hydrogen-bond donors (Lipinski definition) is 1. The van der Waals surface area contributed by atoms with Crippen LogP contribution in [0.3, 0.4) is 0 Å². The molecule has 6 nitrogen and oxygen atoms in total. The first-order chi connectivity index (χ1) is 16.3. The lowest BCUT2D eigenvalue weighted by atomic mass is 10.1. The van der Waals surface area contributed by atoms with E-state index < -0.39 is 0 Å². The molecule has 0 aliphatic carbocycles. The van der Waals surface area contributed by atoms with Gasteiger partial charge in [-0.1, -0.05) is 37.3 Å². The van der Waals surface area contributed by atoms with Gasteiger partial charge in [-0.25, -0.2) is 9.18 Å². The Morgan fingerprint density at radius 3 is 2.18 bits per heavy atom. The van der Waals surface area contributed by atoms with E-state index in [-0.39, 0.29) is 37.4 Å². The number of halogens is 1. The lowest BCUT2D eigenvalue weighted by molar-refractivity contribution is -0.133. The number of amides is 3. The molecule has 1 N–H and O–H groups in total. The maximum Gasteiger partial charge on any atom is 0.322 e. The van der Waals surface area contributed by atoms with Gasteiger partial charge in [-0.2, -0.15) is 0 Å². The van der Waals surface area contributed by atoms with Crippen molar-refractivity contribution in [3.05, 3.63) is 88.6 Å². The standard InChI is InChI=1S/C27H32FN3O3/c1-5-15-30(27(33)29-26-19(2)7-6-8-20(26)3)18-25(32)31(17-24-14-9-21(4)34-24)16-22-10-12-23(28)13-11-22/h6-14H,5,15-18H2,1-4H3,(H,29,33). The Hall–Kier alpha value is -3.61. The molecule has 3 rings (SSSR count). The van der Waals surface area contributed by atoms with Crippen molar-refractivity contribution >= 4 is 17.6 Å². The molecule has 7 heteroatoms. The highest BCUT2D eigenvalue weighted by molar-refractivity contribution is 5.93. The zero-order valence-electron chi connectivity index (χ0n) is 20.2. The Balaban J connectivity index is 1.78. The van der Waals surface area contributed by atoms with Gasteiger partial charge in [0.25, 0.3) is 0 Å². The van der Waals surface area contributed by atoms with Crippen LogP contribution < -0.4 is 5.32 Å². The van der Waals surface area contributed by atoms with Crippen LogP contribution in [0.4, 0.5) is 14.9 Å². The van der Waals surface area contributed by atoms with Crippen LogP contribution in [-0.4, -0.2) is 34.8 Å². The number of benzene rings is 2. The number of carbonyl (C=O) groups is 2. The fourth-order valence-electron chi connectivity index (χ4n) is 3.78. The molecule has 1 aromatic heterocycles. The van der Waals surface area contributed by atoms with E-state index in [0.29, 0.717) is 18.7 Å². The second kappa shape index (κ2) is 11.5. The largest absolute Gasteiger partial charge is 0.464 e. The first kappa shape index (κ1) is 25.0. The van der Waals surface area contributed by atoms with E-state index >= 15 is 0 Å². The first-order valence-corrected chi connectivity index (χ1v) is 11.5. The van der Waals surface area contributed by atoms with Gasteiger partial charge in [-0.05, 0) is 68.1 Å². The van der Waals surface area contributed by atoms with E-state index in [1.807, 2.05) is 58.0 Å². The molecule has 0 atom stereocenters. The number of anilines is 1. The lowest BCUT2D eigenvalue weighted by Crippen LogP contribution is -2.44. The van der Waals surface area contributed by atoms with E-state index in [4.69, 9.17) is 4.42 Å². The van der Waals surface area contributed by atoms with Crippen molar-refractivity contribution in [3.63, 3.8) is 0 Å². The topological polar surface area (TPSA) is 65.8 Å². The molecule has 180 valence electrons. The fraction of sp³-hybridized carbons (Fsp3) is 0.333. The highest BCUT2D eigenvalue weighted by Crippen LogP contribution is 2.20. The van der Waals surface area contributed by atoms with Crippen LogP contribution in [0.15, 0.2) is 59.0 Å². The zero-order valence-corrected chi connectivity index (χ0v) is 20.2. The number of urea groups is 1. The van der Waals surface area contributed by atoms with Crippen molar-refractivity contribution in [1.29, 1.82) is 0 Å². The second-order valence-corrected chi connectivity index (χ2v) is 8.51. The lowest BCUT2D eigenvalue weighted by Gasteiger charge is -2.28. The molecule has 34 heavy (non-hydrogen) atoms. The van der Waals surface area contributed by atoms with E-state index in [1.165, 1.54) is 17.0 Å². The van der Waals surface area contributed by atoms with Crippen molar-refractivity contribution in [2.24, 2.45) is 0 Å². The summed E-state index contributed by atoms with van der Waals surface area (Å²) in [5, 5.41) is 2.97. The van der Waals surface area contributed by atoms with Gasteiger partial charge in [0.05, 0.1) is 6.54 Å². The number of nitrogens with zero attached hydrogens (tertiary/aromatic N) is 2. The Labute approximate surface area is 200 Å². The van der Waals surface area contributed by atoms with Gasteiger partial charge in [-0.15, -0.1) is 0 Å². The normalized spacial score (nSPS) is 10.7. The molecule has 3 aromatic rings. The number of carbonyl (C=O) groups excluding carboxylic acids is 2. The van der Waals surface area contributed by atoms with E-state index in [2.05, 4.69) is 5.32 Å². The number of para-hydroxylation sites is 1. The van der Waals surface area contributed by atoms with Crippen LogP contribution >= 0.6 is 0 Å². The van der Waals surface area contributed by atoms with Crippen molar-refractivity contribution in [2.45, 2.75) is 47.2 Å². The molecule has 0 saturated carbocycles. The number of aryl methyl sites for hydroxylation is 3. The number of nitrogens with one attached hydrogen (secondary N) is 1. The minimum absolute atomic E-state index is 0.0779. The van der Waals surface area contributed by atoms with Crippen molar-refractivity contribution < 1.29 is 18.4 Å². The molecule has 0 bridgehead atoms. The second-order valence-electron chi connectivity index (χ2n) is 8.51. The molecule has 1 heterocycles. The Kier molecular flexibility index (Phi) is 8.46. The van der Waals surface area contributed by atoms with Crippen LogP contribution in [-0.2, 0) is 17.9 Å². The first-order valence-electron chi connectivity index (χ1n) is 11.5. The molecule has 0 fully saturated rings. The van der Waals surface area contributed by atoms with Crippen LogP contribution in [0.1, 0.15) is 41.6 Å². The highest BCUT2D eigenvalue weighted by atomic mass is 19.1. The maximum atomic E-state index is 13.4. The molecule has 0 aliphatic rings.